The fourth-order valence-corrected chi connectivity index (χ4v) is 4.22. The van der Waals surface area contributed by atoms with Crippen LogP contribution in [-0.4, -0.2) is 39.6 Å². The maximum atomic E-state index is 13.6. The Morgan fingerprint density at radius 1 is 0.970 bits per heavy atom. The summed E-state index contributed by atoms with van der Waals surface area (Å²) >= 11 is 6.10. The summed E-state index contributed by atoms with van der Waals surface area (Å²) in [5.74, 6) is -1.56. The van der Waals surface area contributed by atoms with Gasteiger partial charge in [-0.25, -0.2) is 14.0 Å². The van der Waals surface area contributed by atoms with Gasteiger partial charge in [-0.3, -0.25) is 19.5 Å². The molecule has 4 rings (SSSR count). The number of carbonyl (C=O) groups is 2. The van der Waals surface area contributed by atoms with Gasteiger partial charge in [-0.2, -0.15) is 0 Å². The van der Waals surface area contributed by atoms with Crippen LogP contribution < -0.4 is 10.5 Å². The van der Waals surface area contributed by atoms with Crippen LogP contribution in [0.1, 0.15) is 25.1 Å². The van der Waals surface area contributed by atoms with Gasteiger partial charge in [0.15, 0.2) is 0 Å². The number of imide groups is 1. The van der Waals surface area contributed by atoms with Gasteiger partial charge in [0.2, 0.25) is 0 Å². The molecule has 0 atom stereocenters. The minimum Gasteiger partial charge on any atom is -0.367 e. The minimum atomic E-state index is -0.602. The summed E-state index contributed by atoms with van der Waals surface area (Å²) in [5, 5.41) is 3.32. The minimum absolute atomic E-state index is 0.0308. The number of rotatable bonds is 6. The number of hydrogen-bond acceptors (Lipinski definition) is 4. The predicted octanol–water partition coefficient (Wildman–Crippen LogP) is 3.89. The van der Waals surface area contributed by atoms with Gasteiger partial charge < -0.3 is 4.90 Å². The first-order valence-electron chi connectivity index (χ1n) is 10.5. The van der Waals surface area contributed by atoms with Crippen molar-refractivity contribution in [3.8, 4) is 5.69 Å². The first-order chi connectivity index (χ1) is 15.8. The zero-order chi connectivity index (χ0) is 23.9. The molecule has 3 aromatic rings. The fraction of sp³-hybridized carbons (Fsp3) is 0.208. The third-order valence-electron chi connectivity index (χ3n) is 5.61. The highest BCUT2D eigenvalue weighted by Gasteiger charge is 2.44. The largest absolute Gasteiger partial charge is 0.367 e. The number of anilines is 1. The number of carbonyl (C=O) groups excluding carboxylic acids is 2. The Bertz CT molecular complexity index is 1340. The van der Waals surface area contributed by atoms with Crippen LogP contribution >= 0.6 is 11.6 Å². The quantitative estimate of drug-likeness (QED) is 0.557. The second kappa shape index (κ2) is 8.71. The number of amides is 2. The van der Waals surface area contributed by atoms with E-state index in [1.165, 1.54) is 35.0 Å². The Morgan fingerprint density at radius 2 is 1.64 bits per heavy atom. The Morgan fingerprint density at radius 3 is 2.24 bits per heavy atom. The van der Waals surface area contributed by atoms with E-state index in [2.05, 4.69) is 5.10 Å². The van der Waals surface area contributed by atoms with Crippen LogP contribution in [0, 0.1) is 12.7 Å². The fourth-order valence-electron chi connectivity index (χ4n) is 4.04. The van der Waals surface area contributed by atoms with Crippen LogP contribution in [0.4, 0.5) is 10.1 Å². The molecule has 2 amide bonds. The molecule has 7 nitrogen and oxygen atoms in total. The van der Waals surface area contributed by atoms with Crippen molar-refractivity contribution in [2.45, 2.75) is 20.8 Å². The van der Waals surface area contributed by atoms with E-state index in [-0.39, 0.29) is 16.8 Å². The van der Waals surface area contributed by atoms with Crippen molar-refractivity contribution in [2.75, 3.05) is 18.0 Å². The van der Waals surface area contributed by atoms with Crippen molar-refractivity contribution in [2.24, 2.45) is 0 Å². The number of nitrogens with one attached hydrogen (secondary N) is 1. The van der Waals surface area contributed by atoms with Crippen LogP contribution in [-0.2, 0) is 9.59 Å². The first-order valence-corrected chi connectivity index (χ1v) is 10.9. The van der Waals surface area contributed by atoms with Gasteiger partial charge in [0.25, 0.3) is 17.4 Å². The van der Waals surface area contributed by atoms with Crippen LogP contribution in [0.2, 0.25) is 5.02 Å². The molecule has 0 radical (unpaired) electrons. The Hall–Kier alpha value is -3.65. The van der Waals surface area contributed by atoms with Gasteiger partial charge in [0, 0.05) is 23.8 Å². The number of aryl methyl sites for hydroxylation is 1. The monoisotopic (exact) mass is 468 g/mol. The molecule has 9 heteroatoms. The molecule has 33 heavy (non-hydrogen) atoms. The molecule has 0 fully saturated rings. The molecule has 2 heterocycles. The molecule has 0 saturated heterocycles. The summed E-state index contributed by atoms with van der Waals surface area (Å²) in [6.45, 7) is 6.33. The molecule has 1 aliphatic rings. The van der Waals surface area contributed by atoms with Crippen molar-refractivity contribution in [3.05, 3.63) is 86.7 Å². The van der Waals surface area contributed by atoms with Gasteiger partial charge in [0.05, 0.1) is 22.5 Å². The lowest BCUT2D eigenvalue weighted by Crippen LogP contribution is -2.35. The van der Waals surface area contributed by atoms with E-state index >= 15 is 0 Å². The lowest BCUT2D eigenvalue weighted by molar-refractivity contribution is -0.120. The number of nitrogens with zero attached hydrogens (tertiary/aromatic N) is 3. The second-order valence-corrected chi connectivity index (χ2v) is 7.99. The summed E-state index contributed by atoms with van der Waals surface area (Å²) in [5.41, 5.74) is 0.933. The smallest absolute Gasteiger partial charge is 0.282 e. The Kier molecular flexibility index (Phi) is 5.95. The predicted molar refractivity (Wildman–Crippen MR) is 125 cm³/mol. The highest BCUT2D eigenvalue weighted by molar-refractivity contribution is 6.45. The maximum absolute atomic E-state index is 13.6. The van der Waals surface area contributed by atoms with Crippen LogP contribution in [0.15, 0.2) is 59.0 Å². The van der Waals surface area contributed by atoms with Crippen molar-refractivity contribution in [1.82, 2.24) is 14.7 Å². The summed E-state index contributed by atoms with van der Waals surface area (Å²) in [7, 11) is 0. The molecule has 0 saturated carbocycles. The molecule has 2 aromatic carbocycles. The number of halogens is 2. The summed E-state index contributed by atoms with van der Waals surface area (Å²) in [6, 6.07) is 11.8. The third-order valence-corrected chi connectivity index (χ3v) is 5.85. The van der Waals surface area contributed by atoms with E-state index in [4.69, 9.17) is 11.6 Å². The van der Waals surface area contributed by atoms with Crippen LogP contribution in [0.3, 0.4) is 0 Å². The number of H-pyrrole nitrogens is 1. The molecule has 170 valence electrons. The summed E-state index contributed by atoms with van der Waals surface area (Å²) < 4.78 is 14.6. The number of benzene rings is 2. The zero-order valence-electron chi connectivity index (χ0n) is 18.4. The molecule has 0 unspecified atom stereocenters. The molecule has 0 bridgehead atoms. The molecule has 1 N–H and O–H groups in total. The molecule has 1 aliphatic heterocycles. The van der Waals surface area contributed by atoms with Crippen LogP contribution in [0.5, 0.6) is 0 Å². The number of aromatic nitrogens is 2. The van der Waals surface area contributed by atoms with Crippen molar-refractivity contribution < 1.29 is 14.0 Å². The number of hydrogen-bond donors (Lipinski definition) is 1. The average molecular weight is 469 g/mol. The topological polar surface area (TPSA) is 78.4 Å². The Balaban J connectivity index is 1.93. The van der Waals surface area contributed by atoms with E-state index in [0.29, 0.717) is 35.2 Å². The lowest BCUT2D eigenvalue weighted by Gasteiger charge is -2.22. The van der Waals surface area contributed by atoms with Gasteiger partial charge in [0.1, 0.15) is 11.5 Å². The molecular weight excluding hydrogens is 447 g/mol. The number of likely N-dealkylation sites (N-methyl/N-ethyl adjacent to an activating group) is 1. The second-order valence-electron chi connectivity index (χ2n) is 7.55. The lowest BCUT2D eigenvalue weighted by atomic mass is 10.0. The molecule has 1 aromatic heterocycles. The number of aromatic amines is 1. The van der Waals surface area contributed by atoms with Crippen LogP contribution in [0.25, 0.3) is 11.3 Å². The van der Waals surface area contributed by atoms with Crippen molar-refractivity contribution >= 4 is 34.7 Å². The standard InChI is InChI=1S/C24H22ClFN4O3/c1-4-28(5-2)21-20(22(31)29(24(21)33)18-8-6-7-15(25)13-18)19-14(3)27-30(23(19)32)17-11-9-16(26)10-12-17/h6-13,27H,4-5H2,1-3H3. The molecular formula is C24H22ClFN4O3. The molecule has 0 spiro atoms. The summed E-state index contributed by atoms with van der Waals surface area (Å²) in [6.07, 6.45) is 0. The SMILES string of the molecule is CCN(CC)C1=C(c2c(C)[nH]n(-c3ccc(F)cc3)c2=O)C(=O)N(c2cccc(Cl)c2)C1=O. The van der Waals surface area contributed by atoms with E-state index in [1.54, 1.807) is 30.0 Å². The summed E-state index contributed by atoms with van der Waals surface area (Å²) in [4.78, 5) is 43.4. The average Bonchev–Trinajstić information content (AvgIpc) is 3.21. The van der Waals surface area contributed by atoms with Gasteiger partial charge in [-0.15, -0.1) is 0 Å². The Labute approximate surface area is 194 Å². The van der Waals surface area contributed by atoms with Gasteiger partial charge >= 0.3 is 0 Å². The van der Waals surface area contributed by atoms with E-state index in [1.807, 2.05) is 13.8 Å². The van der Waals surface area contributed by atoms with E-state index in [9.17, 15) is 18.8 Å². The van der Waals surface area contributed by atoms with Crippen molar-refractivity contribution in [1.29, 1.82) is 0 Å². The van der Waals surface area contributed by atoms with E-state index in [0.717, 1.165) is 4.90 Å². The maximum Gasteiger partial charge on any atom is 0.282 e. The molecule has 0 aliphatic carbocycles. The first kappa shape index (κ1) is 22.5. The third kappa shape index (κ3) is 3.76. The highest BCUT2D eigenvalue weighted by Crippen LogP contribution is 2.35. The normalized spacial score (nSPS) is 13.9. The van der Waals surface area contributed by atoms with Gasteiger partial charge in [-0.05, 0) is 63.2 Å². The van der Waals surface area contributed by atoms with Gasteiger partial charge in [-0.1, -0.05) is 17.7 Å². The van der Waals surface area contributed by atoms with E-state index < -0.39 is 23.2 Å². The zero-order valence-corrected chi connectivity index (χ0v) is 19.1. The van der Waals surface area contributed by atoms with Crippen molar-refractivity contribution in [3.63, 3.8) is 0 Å². The highest BCUT2D eigenvalue weighted by atomic mass is 35.5.